The van der Waals surface area contributed by atoms with Crippen LogP contribution in [0.25, 0.3) is 0 Å². The van der Waals surface area contributed by atoms with E-state index in [1.54, 1.807) is 0 Å². The van der Waals surface area contributed by atoms with Crippen molar-refractivity contribution in [2.45, 2.75) is 64.5 Å². The van der Waals surface area contributed by atoms with Gasteiger partial charge in [-0.1, -0.05) is 12.8 Å². The third-order valence-corrected chi connectivity index (χ3v) is 3.61. The van der Waals surface area contributed by atoms with E-state index < -0.39 is 0 Å². The highest BCUT2D eigenvalue weighted by Gasteiger charge is 2.22. The first-order valence-electron chi connectivity index (χ1n) is 7.32. The zero-order valence-corrected chi connectivity index (χ0v) is 11.8. The van der Waals surface area contributed by atoms with E-state index in [0.29, 0.717) is 19.0 Å². The molecule has 4 nitrogen and oxygen atoms in total. The summed E-state index contributed by atoms with van der Waals surface area (Å²) in [6, 6.07) is 0.446. The van der Waals surface area contributed by atoms with Gasteiger partial charge in [0.25, 0.3) is 0 Å². The number of carbonyl (C=O) groups is 1. The average molecular weight is 256 g/mol. The van der Waals surface area contributed by atoms with Crippen molar-refractivity contribution >= 4 is 5.91 Å². The zero-order chi connectivity index (χ0) is 13.4. The van der Waals surface area contributed by atoms with Crippen LogP contribution in [-0.4, -0.2) is 47.7 Å². The molecule has 0 aromatic carbocycles. The number of rotatable bonds is 6. The first-order valence-corrected chi connectivity index (χ1v) is 7.32. The quantitative estimate of drug-likeness (QED) is 0.758. The third-order valence-electron chi connectivity index (χ3n) is 3.61. The maximum absolute atomic E-state index is 11.5. The molecule has 1 heterocycles. The summed E-state index contributed by atoms with van der Waals surface area (Å²) < 4.78 is 0. The molecule has 4 heteroatoms. The second kappa shape index (κ2) is 8.48. The summed E-state index contributed by atoms with van der Waals surface area (Å²) in [5.74, 6) is 0.137. The number of nitrogens with zero attached hydrogens (tertiary/aromatic N) is 1. The Morgan fingerprint density at radius 2 is 2.22 bits per heavy atom. The van der Waals surface area contributed by atoms with Crippen molar-refractivity contribution in [2.75, 3.05) is 19.6 Å². The molecule has 2 N–H and O–H groups in total. The largest absolute Gasteiger partial charge is 0.393 e. The molecule has 1 aliphatic heterocycles. The van der Waals surface area contributed by atoms with Crippen LogP contribution in [0.15, 0.2) is 0 Å². The van der Waals surface area contributed by atoms with Crippen molar-refractivity contribution in [1.82, 2.24) is 10.2 Å². The van der Waals surface area contributed by atoms with Gasteiger partial charge >= 0.3 is 0 Å². The molecule has 106 valence electrons. The first-order chi connectivity index (χ1) is 8.63. The Hall–Kier alpha value is -0.610. The minimum atomic E-state index is -0.250. The fraction of sp³-hybridized carbons (Fsp3) is 0.929. The van der Waals surface area contributed by atoms with E-state index in [9.17, 15) is 9.90 Å². The van der Waals surface area contributed by atoms with E-state index in [1.165, 1.54) is 19.3 Å². The molecule has 1 aliphatic rings. The van der Waals surface area contributed by atoms with Crippen LogP contribution in [0.1, 0.15) is 52.4 Å². The summed E-state index contributed by atoms with van der Waals surface area (Å²) in [4.78, 5) is 13.9. The predicted octanol–water partition coefficient (Wildman–Crippen LogP) is 1.53. The van der Waals surface area contributed by atoms with Gasteiger partial charge in [0.05, 0.1) is 6.10 Å². The van der Waals surface area contributed by atoms with Crippen LogP contribution in [-0.2, 0) is 4.79 Å². The number of aliphatic hydroxyl groups is 1. The van der Waals surface area contributed by atoms with Crippen molar-refractivity contribution in [3.8, 4) is 0 Å². The van der Waals surface area contributed by atoms with E-state index >= 15 is 0 Å². The van der Waals surface area contributed by atoms with Gasteiger partial charge in [-0.25, -0.2) is 0 Å². The highest BCUT2D eigenvalue weighted by atomic mass is 16.3. The van der Waals surface area contributed by atoms with Crippen molar-refractivity contribution in [3.05, 3.63) is 0 Å². The van der Waals surface area contributed by atoms with E-state index in [0.717, 1.165) is 25.9 Å². The Morgan fingerprint density at radius 1 is 1.44 bits per heavy atom. The molecule has 2 unspecified atom stereocenters. The zero-order valence-electron chi connectivity index (χ0n) is 11.8. The monoisotopic (exact) mass is 256 g/mol. The van der Waals surface area contributed by atoms with Crippen LogP contribution in [0.2, 0.25) is 0 Å². The molecule has 0 saturated carbocycles. The molecule has 1 saturated heterocycles. The van der Waals surface area contributed by atoms with Crippen molar-refractivity contribution < 1.29 is 9.90 Å². The minimum absolute atomic E-state index is 0.137. The standard InChI is InChI=1S/C14H28N2O2/c1-3-15-14(18)8-10-16-9-6-4-5-7-13(16)11-12(2)17/h12-13,17H,3-11H2,1-2H3,(H,15,18). The molecule has 0 aromatic rings. The molecular formula is C14H28N2O2. The van der Waals surface area contributed by atoms with Gasteiger partial charge in [-0.05, 0) is 39.7 Å². The predicted molar refractivity (Wildman–Crippen MR) is 73.4 cm³/mol. The molecule has 1 rings (SSSR count). The van der Waals surface area contributed by atoms with Gasteiger partial charge in [0.15, 0.2) is 0 Å². The van der Waals surface area contributed by atoms with Crippen molar-refractivity contribution in [2.24, 2.45) is 0 Å². The molecule has 0 spiro atoms. The summed E-state index contributed by atoms with van der Waals surface area (Å²) in [5, 5.41) is 12.4. The summed E-state index contributed by atoms with van der Waals surface area (Å²) >= 11 is 0. The second-order valence-corrected chi connectivity index (χ2v) is 5.33. The molecule has 0 bridgehead atoms. The Bertz CT molecular complexity index is 244. The molecule has 1 fully saturated rings. The topological polar surface area (TPSA) is 52.6 Å². The lowest BCUT2D eigenvalue weighted by Crippen LogP contribution is -2.39. The number of aliphatic hydroxyl groups excluding tert-OH is 1. The maximum Gasteiger partial charge on any atom is 0.221 e. The molecular weight excluding hydrogens is 228 g/mol. The Morgan fingerprint density at radius 3 is 2.89 bits per heavy atom. The minimum Gasteiger partial charge on any atom is -0.393 e. The summed E-state index contributed by atoms with van der Waals surface area (Å²) in [6.45, 7) is 6.39. The van der Waals surface area contributed by atoms with Gasteiger partial charge in [-0.15, -0.1) is 0 Å². The Kier molecular flexibility index (Phi) is 7.28. The number of carbonyl (C=O) groups excluding carboxylic acids is 1. The van der Waals surface area contributed by atoms with Crippen LogP contribution in [0.5, 0.6) is 0 Å². The number of hydrogen-bond acceptors (Lipinski definition) is 3. The lowest BCUT2D eigenvalue weighted by Gasteiger charge is -2.30. The van der Waals surface area contributed by atoms with Gasteiger partial charge in [0, 0.05) is 25.6 Å². The van der Waals surface area contributed by atoms with Crippen LogP contribution in [0, 0.1) is 0 Å². The van der Waals surface area contributed by atoms with Gasteiger partial charge in [0.2, 0.25) is 5.91 Å². The number of likely N-dealkylation sites (tertiary alicyclic amines) is 1. The number of nitrogens with one attached hydrogen (secondary N) is 1. The van der Waals surface area contributed by atoms with Crippen LogP contribution in [0.3, 0.4) is 0 Å². The lowest BCUT2D eigenvalue weighted by atomic mass is 10.0. The second-order valence-electron chi connectivity index (χ2n) is 5.33. The summed E-state index contributed by atoms with van der Waals surface area (Å²) in [6.07, 6.45) is 6.04. The van der Waals surface area contributed by atoms with Crippen molar-refractivity contribution in [3.63, 3.8) is 0 Å². The summed E-state index contributed by atoms with van der Waals surface area (Å²) in [7, 11) is 0. The van der Waals surface area contributed by atoms with Gasteiger partial charge in [-0.2, -0.15) is 0 Å². The van der Waals surface area contributed by atoms with Gasteiger partial charge in [0.1, 0.15) is 0 Å². The van der Waals surface area contributed by atoms with Crippen LogP contribution in [0.4, 0.5) is 0 Å². The SMILES string of the molecule is CCNC(=O)CCN1CCCCCC1CC(C)O. The van der Waals surface area contributed by atoms with Crippen LogP contribution >= 0.6 is 0 Å². The highest BCUT2D eigenvalue weighted by molar-refractivity contribution is 5.75. The fourth-order valence-electron chi connectivity index (χ4n) is 2.72. The Balaban J connectivity index is 2.43. The van der Waals surface area contributed by atoms with Crippen molar-refractivity contribution in [1.29, 1.82) is 0 Å². The molecule has 0 aromatic heterocycles. The van der Waals surface area contributed by atoms with E-state index in [4.69, 9.17) is 0 Å². The van der Waals surface area contributed by atoms with Gasteiger partial charge < -0.3 is 10.4 Å². The van der Waals surface area contributed by atoms with E-state index in [2.05, 4.69) is 10.2 Å². The highest BCUT2D eigenvalue weighted by Crippen LogP contribution is 2.20. The molecule has 2 atom stereocenters. The maximum atomic E-state index is 11.5. The number of amides is 1. The molecule has 18 heavy (non-hydrogen) atoms. The average Bonchev–Trinajstić information content (AvgIpc) is 2.52. The van der Waals surface area contributed by atoms with Gasteiger partial charge in [-0.3, -0.25) is 9.69 Å². The Labute approximate surface area is 111 Å². The van der Waals surface area contributed by atoms with E-state index in [1.807, 2.05) is 13.8 Å². The lowest BCUT2D eigenvalue weighted by molar-refractivity contribution is -0.121. The molecule has 0 aliphatic carbocycles. The molecule has 1 amide bonds. The first kappa shape index (κ1) is 15.4. The smallest absolute Gasteiger partial charge is 0.221 e. The number of hydrogen-bond donors (Lipinski definition) is 2. The summed E-state index contributed by atoms with van der Waals surface area (Å²) in [5.41, 5.74) is 0. The fourth-order valence-corrected chi connectivity index (χ4v) is 2.72. The molecule has 0 radical (unpaired) electrons. The van der Waals surface area contributed by atoms with E-state index in [-0.39, 0.29) is 12.0 Å². The van der Waals surface area contributed by atoms with Crippen LogP contribution < -0.4 is 5.32 Å². The third kappa shape index (κ3) is 5.83. The normalized spacial score (nSPS) is 23.4.